The van der Waals surface area contributed by atoms with E-state index in [9.17, 15) is 4.79 Å². The van der Waals surface area contributed by atoms with Gasteiger partial charge in [0.05, 0.1) is 0 Å². The zero-order valence-corrected chi connectivity index (χ0v) is 14.9. The Bertz CT molecular complexity index is 761. The van der Waals surface area contributed by atoms with Gasteiger partial charge in [0.2, 0.25) is 17.8 Å². The zero-order chi connectivity index (χ0) is 16.5. The van der Waals surface area contributed by atoms with E-state index >= 15 is 0 Å². The Morgan fingerprint density at radius 3 is 2.96 bits per heavy atom. The van der Waals surface area contributed by atoms with Gasteiger partial charge >= 0.3 is 0 Å². The maximum Gasteiger partial charge on any atom is 0.231 e. The molecule has 1 aromatic carbocycles. The normalized spacial score (nSPS) is 15.5. The van der Waals surface area contributed by atoms with Gasteiger partial charge in [0.25, 0.3) is 0 Å². The number of thioether (sulfide) groups is 1. The van der Waals surface area contributed by atoms with E-state index in [4.69, 9.17) is 9.47 Å². The van der Waals surface area contributed by atoms with Crippen LogP contribution in [-0.2, 0) is 10.5 Å². The maximum absolute atomic E-state index is 12.1. The van der Waals surface area contributed by atoms with E-state index in [1.807, 2.05) is 30.0 Å². The molecule has 1 aromatic heterocycles. The molecule has 0 bridgehead atoms. The van der Waals surface area contributed by atoms with Gasteiger partial charge in [-0.1, -0.05) is 36.1 Å². The highest BCUT2D eigenvalue weighted by Crippen LogP contribution is 2.38. The van der Waals surface area contributed by atoms with E-state index in [1.54, 1.807) is 11.8 Å². The average molecular weight is 363 g/mol. The van der Waals surface area contributed by atoms with Crippen LogP contribution in [-0.4, -0.2) is 28.9 Å². The van der Waals surface area contributed by atoms with E-state index in [2.05, 4.69) is 10.2 Å². The minimum absolute atomic E-state index is 0.126. The molecule has 2 heterocycles. The molecule has 8 heteroatoms. The van der Waals surface area contributed by atoms with E-state index in [0.29, 0.717) is 12.5 Å². The van der Waals surface area contributed by atoms with Crippen LogP contribution in [0.1, 0.15) is 31.7 Å². The van der Waals surface area contributed by atoms with Gasteiger partial charge < -0.3 is 9.47 Å². The molecule has 1 aliphatic heterocycles. The quantitative estimate of drug-likeness (QED) is 0.578. The lowest BCUT2D eigenvalue weighted by Gasteiger charge is -2.17. The smallest absolute Gasteiger partial charge is 0.231 e. The molecule has 24 heavy (non-hydrogen) atoms. The number of hydrogen-bond acceptors (Lipinski definition) is 7. The van der Waals surface area contributed by atoms with Crippen molar-refractivity contribution < 1.29 is 14.3 Å². The Morgan fingerprint density at radius 1 is 1.33 bits per heavy atom. The fourth-order valence-electron chi connectivity index (χ4n) is 2.50. The van der Waals surface area contributed by atoms with Crippen LogP contribution in [0, 0.1) is 0 Å². The molecular formula is C16H17N3O3S2. The highest BCUT2D eigenvalue weighted by atomic mass is 32.2. The maximum atomic E-state index is 12.1. The molecule has 126 valence electrons. The van der Waals surface area contributed by atoms with Crippen molar-refractivity contribution in [1.82, 2.24) is 10.2 Å². The number of nitrogens with zero attached hydrogens (tertiary/aromatic N) is 3. The van der Waals surface area contributed by atoms with E-state index < -0.39 is 0 Å². The van der Waals surface area contributed by atoms with Gasteiger partial charge in [0.15, 0.2) is 15.8 Å². The van der Waals surface area contributed by atoms with Crippen LogP contribution >= 0.6 is 23.1 Å². The molecule has 1 fully saturated rings. The van der Waals surface area contributed by atoms with Crippen LogP contribution < -0.4 is 14.4 Å². The molecule has 1 saturated carbocycles. The monoisotopic (exact) mass is 363 g/mol. The summed E-state index contributed by atoms with van der Waals surface area (Å²) in [5.41, 5.74) is 1.14. The summed E-state index contributed by atoms with van der Waals surface area (Å²) in [6.07, 6.45) is 2.62. The van der Waals surface area contributed by atoms with Gasteiger partial charge in [-0.05, 0) is 30.5 Å². The summed E-state index contributed by atoms with van der Waals surface area (Å²) in [5, 5.41) is 9.18. The van der Waals surface area contributed by atoms with Gasteiger partial charge in [0.1, 0.15) is 0 Å². The van der Waals surface area contributed by atoms with Crippen molar-refractivity contribution in [3.8, 4) is 11.5 Å². The lowest BCUT2D eigenvalue weighted by molar-refractivity contribution is -0.118. The molecule has 0 N–H and O–H groups in total. The minimum atomic E-state index is 0.126. The number of carbonyl (C=O) groups excluding carboxylic acids is 1. The van der Waals surface area contributed by atoms with Crippen LogP contribution in [0.5, 0.6) is 11.5 Å². The highest BCUT2D eigenvalue weighted by Gasteiger charge is 2.35. The molecule has 0 atom stereocenters. The van der Waals surface area contributed by atoms with Crippen molar-refractivity contribution in [2.24, 2.45) is 0 Å². The lowest BCUT2D eigenvalue weighted by Crippen LogP contribution is -2.32. The van der Waals surface area contributed by atoms with Crippen molar-refractivity contribution >= 4 is 34.1 Å². The fourth-order valence-corrected chi connectivity index (χ4v) is 4.38. The second kappa shape index (κ2) is 6.60. The summed E-state index contributed by atoms with van der Waals surface area (Å²) >= 11 is 3.11. The zero-order valence-electron chi connectivity index (χ0n) is 13.2. The Hall–Kier alpha value is -1.80. The van der Waals surface area contributed by atoms with Crippen LogP contribution in [0.3, 0.4) is 0 Å². The van der Waals surface area contributed by atoms with Gasteiger partial charge in [-0.25, -0.2) is 0 Å². The predicted octanol–water partition coefficient (Wildman–Crippen LogP) is 3.46. The molecular weight excluding hydrogens is 346 g/mol. The number of carbonyl (C=O) groups is 1. The molecule has 1 amide bonds. The second-order valence-electron chi connectivity index (χ2n) is 5.68. The number of hydrogen-bond donors (Lipinski definition) is 0. The Kier molecular flexibility index (Phi) is 4.32. The number of ether oxygens (including phenoxy) is 2. The summed E-state index contributed by atoms with van der Waals surface area (Å²) in [6.45, 7) is 2.17. The van der Waals surface area contributed by atoms with Crippen molar-refractivity contribution in [3.05, 3.63) is 23.8 Å². The summed E-state index contributed by atoms with van der Waals surface area (Å²) in [6, 6.07) is 6.27. The Labute approximate surface area is 148 Å². The number of anilines is 1. The largest absolute Gasteiger partial charge is 0.454 e. The fraction of sp³-hybridized carbons (Fsp3) is 0.438. The molecule has 4 rings (SSSR count). The van der Waals surface area contributed by atoms with Gasteiger partial charge in [-0.2, -0.15) is 0 Å². The number of amides is 1. The van der Waals surface area contributed by atoms with Crippen LogP contribution in [0.4, 0.5) is 5.13 Å². The van der Waals surface area contributed by atoms with E-state index in [1.165, 1.54) is 11.3 Å². The van der Waals surface area contributed by atoms with Crippen LogP contribution in [0.2, 0.25) is 0 Å². The molecule has 2 aliphatic rings. The summed E-state index contributed by atoms with van der Waals surface area (Å²) in [5.74, 6) is 2.48. The SMILES string of the molecule is CCC(=O)N(c1nnc(SCc2ccc3c(c2)OCO3)s1)C1CC1. The van der Waals surface area contributed by atoms with E-state index in [0.717, 1.165) is 45.1 Å². The summed E-state index contributed by atoms with van der Waals surface area (Å²) in [7, 11) is 0. The van der Waals surface area contributed by atoms with Crippen molar-refractivity contribution in [3.63, 3.8) is 0 Å². The van der Waals surface area contributed by atoms with Crippen molar-refractivity contribution in [2.45, 2.75) is 42.3 Å². The Morgan fingerprint density at radius 2 is 2.17 bits per heavy atom. The first kappa shape index (κ1) is 15.7. The van der Waals surface area contributed by atoms with E-state index in [-0.39, 0.29) is 12.7 Å². The summed E-state index contributed by atoms with van der Waals surface area (Å²) < 4.78 is 11.6. The van der Waals surface area contributed by atoms with Gasteiger partial charge in [-0.3, -0.25) is 9.69 Å². The highest BCUT2D eigenvalue weighted by molar-refractivity contribution is 8.00. The molecule has 2 aromatic rings. The lowest BCUT2D eigenvalue weighted by atomic mass is 10.2. The first-order chi connectivity index (χ1) is 11.7. The second-order valence-corrected chi connectivity index (χ2v) is 7.85. The topological polar surface area (TPSA) is 64.6 Å². The third kappa shape index (κ3) is 3.21. The van der Waals surface area contributed by atoms with Crippen LogP contribution in [0.25, 0.3) is 0 Å². The predicted molar refractivity (Wildman–Crippen MR) is 92.8 cm³/mol. The molecule has 1 aliphatic carbocycles. The third-order valence-corrected chi connectivity index (χ3v) is 6.01. The number of rotatable bonds is 6. The minimum Gasteiger partial charge on any atom is -0.454 e. The first-order valence-electron chi connectivity index (χ1n) is 7.91. The van der Waals surface area contributed by atoms with Gasteiger partial charge in [0, 0.05) is 18.2 Å². The number of fused-ring (bicyclic) bond motifs is 1. The average Bonchev–Trinajstić information content (AvgIpc) is 3.13. The Balaban J connectivity index is 1.42. The molecule has 0 saturated heterocycles. The molecule has 0 spiro atoms. The number of benzene rings is 1. The first-order valence-corrected chi connectivity index (χ1v) is 9.71. The summed E-state index contributed by atoms with van der Waals surface area (Å²) in [4.78, 5) is 13.9. The molecule has 6 nitrogen and oxygen atoms in total. The number of aromatic nitrogens is 2. The van der Waals surface area contributed by atoms with Gasteiger partial charge in [-0.15, -0.1) is 10.2 Å². The van der Waals surface area contributed by atoms with Crippen molar-refractivity contribution in [2.75, 3.05) is 11.7 Å². The van der Waals surface area contributed by atoms with Crippen molar-refractivity contribution in [1.29, 1.82) is 0 Å². The molecule has 0 radical (unpaired) electrons. The van der Waals surface area contributed by atoms with Crippen LogP contribution in [0.15, 0.2) is 22.5 Å². The molecule has 0 unspecified atom stereocenters. The third-order valence-electron chi connectivity index (χ3n) is 3.88. The standard InChI is InChI=1S/C16H17N3O3S2/c1-2-14(20)19(11-4-5-11)15-17-18-16(24-15)23-8-10-3-6-12-13(7-10)22-9-21-12/h3,6-7,11H,2,4-5,8-9H2,1H3.